The van der Waals surface area contributed by atoms with E-state index in [1.807, 2.05) is 17.4 Å². The fourth-order valence-electron chi connectivity index (χ4n) is 2.31. The van der Waals surface area contributed by atoms with Crippen molar-refractivity contribution in [2.24, 2.45) is 0 Å². The highest BCUT2D eigenvalue weighted by Crippen LogP contribution is 2.34. The Hall–Kier alpha value is -2.28. The molecule has 0 saturated heterocycles. The number of carbonyl (C=O) groups excluding carboxylic acids is 1. The van der Waals surface area contributed by atoms with E-state index in [2.05, 4.69) is 15.9 Å². The number of benzene rings is 2. The van der Waals surface area contributed by atoms with Gasteiger partial charge in [0.05, 0.1) is 5.69 Å². The molecule has 124 valence electrons. The van der Waals surface area contributed by atoms with E-state index in [4.69, 9.17) is 4.42 Å². The molecule has 0 unspecified atom stereocenters. The molecule has 0 saturated carbocycles. The van der Waals surface area contributed by atoms with Gasteiger partial charge in [0.15, 0.2) is 0 Å². The van der Waals surface area contributed by atoms with Crippen molar-refractivity contribution in [1.29, 1.82) is 0 Å². The van der Waals surface area contributed by atoms with Gasteiger partial charge in [-0.25, -0.2) is 0 Å². The van der Waals surface area contributed by atoms with Crippen molar-refractivity contribution in [2.75, 3.05) is 5.32 Å². The molecular formula is C17H11BrF3NO2. The van der Waals surface area contributed by atoms with Crippen LogP contribution in [0.2, 0.25) is 0 Å². The lowest BCUT2D eigenvalue weighted by Crippen LogP contribution is -2.30. The van der Waals surface area contributed by atoms with E-state index in [1.54, 1.807) is 30.3 Å². The lowest BCUT2D eigenvalue weighted by molar-refractivity contribution is -0.167. The third kappa shape index (κ3) is 3.31. The highest BCUT2D eigenvalue weighted by Gasteiger charge is 2.39. The van der Waals surface area contributed by atoms with Crippen LogP contribution in [0.4, 0.5) is 18.9 Å². The summed E-state index contributed by atoms with van der Waals surface area (Å²) in [5.74, 6) is -1.64. The van der Waals surface area contributed by atoms with Crippen molar-refractivity contribution in [3.05, 3.63) is 54.1 Å². The highest BCUT2D eigenvalue weighted by molar-refractivity contribution is 9.08. The van der Waals surface area contributed by atoms with Gasteiger partial charge in [0.1, 0.15) is 11.3 Å². The molecule has 3 aromatic rings. The van der Waals surface area contributed by atoms with Gasteiger partial charge in [0, 0.05) is 16.3 Å². The van der Waals surface area contributed by atoms with Gasteiger partial charge in [-0.1, -0.05) is 34.1 Å². The molecule has 7 heteroatoms. The van der Waals surface area contributed by atoms with Crippen LogP contribution >= 0.6 is 15.9 Å². The number of furan rings is 1. The molecule has 3 rings (SSSR count). The molecule has 0 spiro atoms. The van der Waals surface area contributed by atoms with Crippen LogP contribution in [-0.2, 0) is 10.1 Å². The van der Waals surface area contributed by atoms with Crippen LogP contribution in [0.25, 0.3) is 22.3 Å². The molecule has 3 nitrogen and oxygen atoms in total. The van der Waals surface area contributed by atoms with Crippen LogP contribution < -0.4 is 5.32 Å². The number of alkyl halides is 4. The zero-order chi connectivity index (χ0) is 17.3. The third-order valence-electron chi connectivity index (χ3n) is 3.43. The number of nitrogens with one attached hydrogen (secondary N) is 1. The van der Waals surface area contributed by atoms with E-state index in [9.17, 15) is 18.0 Å². The standard InChI is InChI=1S/C17H11BrF3NO2/c18-9-10-5-6-14-11(7-10)8-15(24-14)12-3-1-2-4-13(12)22-16(23)17(19,20)21/h1-8H,9H2,(H,22,23). The number of anilines is 1. The number of hydrogen-bond donors (Lipinski definition) is 1. The van der Waals surface area contributed by atoms with E-state index in [0.29, 0.717) is 22.2 Å². The summed E-state index contributed by atoms with van der Waals surface area (Å²) in [4.78, 5) is 11.2. The number of fused-ring (bicyclic) bond motifs is 1. The average molecular weight is 398 g/mol. The molecule has 1 heterocycles. The first-order valence-electron chi connectivity index (χ1n) is 6.94. The summed E-state index contributed by atoms with van der Waals surface area (Å²) in [6.45, 7) is 0. The van der Waals surface area contributed by atoms with Crippen LogP contribution in [0.5, 0.6) is 0 Å². The van der Waals surface area contributed by atoms with Gasteiger partial charge in [-0.2, -0.15) is 13.2 Å². The van der Waals surface area contributed by atoms with Crippen LogP contribution in [0, 0.1) is 0 Å². The first-order chi connectivity index (χ1) is 11.4. The fourth-order valence-corrected chi connectivity index (χ4v) is 2.66. The maximum absolute atomic E-state index is 12.5. The SMILES string of the molecule is O=C(Nc1ccccc1-c1cc2cc(CBr)ccc2o1)C(F)(F)F. The second-order valence-electron chi connectivity index (χ2n) is 5.11. The topological polar surface area (TPSA) is 42.2 Å². The molecule has 2 aromatic carbocycles. The number of hydrogen-bond acceptors (Lipinski definition) is 2. The summed E-state index contributed by atoms with van der Waals surface area (Å²) < 4.78 is 43.2. The van der Waals surface area contributed by atoms with Crippen molar-refractivity contribution in [3.8, 4) is 11.3 Å². The number of rotatable bonds is 3. The van der Waals surface area contributed by atoms with Gasteiger partial charge in [-0.3, -0.25) is 4.79 Å². The van der Waals surface area contributed by atoms with E-state index in [-0.39, 0.29) is 5.69 Å². The van der Waals surface area contributed by atoms with E-state index >= 15 is 0 Å². The molecule has 0 fully saturated rings. The highest BCUT2D eigenvalue weighted by atomic mass is 79.9. The molecule has 0 bridgehead atoms. The zero-order valence-electron chi connectivity index (χ0n) is 12.2. The number of amides is 1. The zero-order valence-corrected chi connectivity index (χ0v) is 13.7. The lowest BCUT2D eigenvalue weighted by Gasteiger charge is -2.10. The second kappa shape index (κ2) is 6.32. The van der Waals surface area contributed by atoms with Gasteiger partial charge >= 0.3 is 12.1 Å². The van der Waals surface area contributed by atoms with Crippen LogP contribution in [0.15, 0.2) is 52.9 Å². The molecule has 24 heavy (non-hydrogen) atoms. The van der Waals surface area contributed by atoms with Gasteiger partial charge in [0.2, 0.25) is 0 Å². The van der Waals surface area contributed by atoms with Crippen LogP contribution in [0.3, 0.4) is 0 Å². The minimum atomic E-state index is -4.95. The summed E-state index contributed by atoms with van der Waals surface area (Å²) in [5.41, 5.74) is 2.09. The molecule has 0 radical (unpaired) electrons. The molecule has 1 amide bonds. The Kier molecular flexibility index (Phi) is 4.36. The minimum Gasteiger partial charge on any atom is -0.456 e. The van der Waals surface area contributed by atoms with Crippen molar-refractivity contribution in [2.45, 2.75) is 11.5 Å². The van der Waals surface area contributed by atoms with Gasteiger partial charge in [-0.15, -0.1) is 0 Å². The Morgan fingerprint density at radius 1 is 1.12 bits per heavy atom. The summed E-state index contributed by atoms with van der Waals surface area (Å²) >= 11 is 3.37. The number of halogens is 4. The van der Waals surface area contributed by atoms with E-state index in [1.165, 1.54) is 6.07 Å². The summed E-state index contributed by atoms with van der Waals surface area (Å²) in [7, 11) is 0. The summed E-state index contributed by atoms with van der Waals surface area (Å²) in [5, 5.41) is 3.40. The van der Waals surface area contributed by atoms with Crippen molar-refractivity contribution in [1.82, 2.24) is 0 Å². The first-order valence-corrected chi connectivity index (χ1v) is 8.06. The second-order valence-corrected chi connectivity index (χ2v) is 5.67. The predicted molar refractivity (Wildman–Crippen MR) is 89.0 cm³/mol. The largest absolute Gasteiger partial charge is 0.471 e. The molecule has 0 aliphatic carbocycles. The quantitative estimate of drug-likeness (QED) is 0.593. The van der Waals surface area contributed by atoms with Crippen LogP contribution in [-0.4, -0.2) is 12.1 Å². The van der Waals surface area contributed by atoms with E-state index in [0.717, 1.165) is 10.9 Å². The molecule has 0 aliphatic rings. The van der Waals surface area contributed by atoms with E-state index < -0.39 is 12.1 Å². The van der Waals surface area contributed by atoms with Crippen molar-refractivity contribution < 1.29 is 22.4 Å². The Bertz CT molecular complexity index is 902. The Balaban J connectivity index is 2.02. The van der Waals surface area contributed by atoms with Crippen molar-refractivity contribution >= 4 is 38.5 Å². The molecule has 1 aromatic heterocycles. The van der Waals surface area contributed by atoms with Gasteiger partial charge in [-0.05, 0) is 35.9 Å². The van der Waals surface area contributed by atoms with Crippen molar-refractivity contribution in [3.63, 3.8) is 0 Å². The molecular weight excluding hydrogens is 387 g/mol. The summed E-state index contributed by atoms with van der Waals surface area (Å²) in [6, 6.07) is 13.5. The first kappa shape index (κ1) is 16.6. The minimum absolute atomic E-state index is 0.0413. The Morgan fingerprint density at radius 3 is 2.58 bits per heavy atom. The maximum Gasteiger partial charge on any atom is 0.471 e. The van der Waals surface area contributed by atoms with Crippen LogP contribution in [0.1, 0.15) is 5.56 Å². The van der Waals surface area contributed by atoms with Gasteiger partial charge < -0.3 is 9.73 Å². The predicted octanol–water partition coefficient (Wildman–Crippen LogP) is 5.50. The molecule has 1 N–H and O–H groups in total. The fraction of sp³-hybridized carbons (Fsp3) is 0.118. The normalized spacial score (nSPS) is 11.7. The Morgan fingerprint density at radius 2 is 1.88 bits per heavy atom. The number of para-hydroxylation sites is 1. The van der Waals surface area contributed by atoms with Gasteiger partial charge in [0.25, 0.3) is 0 Å². The monoisotopic (exact) mass is 397 g/mol. The average Bonchev–Trinajstić information content (AvgIpc) is 2.97. The summed E-state index contributed by atoms with van der Waals surface area (Å²) in [6.07, 6.45) is -4.95. The molecule has 0 atom stereocenters. The molecule has 0 aliphatic heterocycles. The third-order valence-corrected chi connectivity index (χ3v) is 4.08. The number of carbonyl (C=O) groups is 1. The maximum atomic E-state index is 12.5. The Labute approximate surface area is 143 Å². The smallest absolute Gasteiger partial charge is 0.456 e. The lowest BCUT2D eigenvalue weighted by atomic mass is 10.1.